The van der Waals surface area contributed by atoms with Gasteiger partial charge < -0.3 is 14.5 Å². The molecule has 0 N–H and O–H groups in total. The molecule has 1 heterocycles. The third kappa shape index (κ3) is 4.39. The Labute approximate surface area is 152 Å². The number of carbonyl (C=O) groups excluding carboxylic acids is 2. The van der Waals surface area contributed by atoms with E-state index in [-0.39, 0.29) is 18.4 Å². The Bertz CT molecular complexity index is 784. The van der Waals surface area contributed by atoms with E-state index in [4.69, 9.17) is 4.74 Å². The van der Waals surface area contributed by atoms with Crippen molar-refractivity contribution in [3.8, 4) is 5.75 Å². The van der Waals surface area contributed by atoms with Gasteiger partial charge in [-0.1, -0.05) is 23.8 Å². The Morgan fingerprint density at radius 1 is 1.00 bits per heavy atom. The third-order valence-electron chi connectivity index (χ3n) is 4.38. The van der Waals surface area contributed by atoms with E-state index in [0.717, 1.165) is 5.56 Å². The number of amides is 2. The van der Waals surface area contributed by atoms with Crippen LogP contribution in [0.1, 0.15) is 15.9 Å². The van der Waals surface area contributed by atoms with Crippen molar-refractivity contribution >= 4 is 11.8 Å². The van der Waals surface area contributed by atoms with Crippen LogP contribution in [0, 0.1) is 12.7 Å². The lowest BCUT2D eigenvalue weighted by Gasteiger charge is -2.34. The molecule has 2 aromatic rings. The van der Waals surface area contributed by atoms with Crippen LogP contribution in [0.15, 0.2) is 48.5 Å². The van der Waals surface area contributed by atoms with Crippen molar-refractivity contribution in [1.29, 1.82) is 0 Å². The monoisotopic (exact) mass is 356 g/mol. The molecule has 0 radical (unpaired) electrons. The maximum atomic E-state index is 13.1. The van der Waals surface area contributed by atoms with E-state index in [1.807, 2.05) is 31.2 Å². The van der Waals surface area contributed by atoms with Gasteiger partial charge in [-0.05, 0) is 31.2 Å². The van der Waals surface area contributed by atoms with Gasteiger partial charge in [0, 0.05) is 37.8 Å². The summed E-state index contributed by atoms with van der Waals surface area (Å²) >= 11 is 0. The predicted molar refractivity (Wildman–Crippen MR) is 95.6 cm³/mol. The molecule has 0 aliphatic carbocycles. The molecule has 0 bridgehead atoms. The number of ether oxygens (including phenoxy) is 1. The summed E-state index contributed by atoms with van der Waals surface area (Å²) in [7, 11) is 0. The molecule has 0 spiro atoms. The first-order valence-electron chi connectivity index (χ1n) is 8.55. The fourth-order valence-corrected chi connectivity index (χ4v) is 2.83. The molecule has 1 aliphatic rings. The molecule has 0 unspecified atom stereocenters. The van der Waals surface area contributed by atoms with Crippen molar-refractivity contribution in [2.45, 2.75) is 6.92 Å². The Kier molecular flexibility index (Phi) is 5.51. The molecule has 2 aromatic carbocycles. The quantitative estimate of drug-likeness (QED) is 0.846. The van der Waals surface area contributed by atoms with Gasteiger partial charge in [0.1, 0.15) is 11.6 Å². The SMILES string of the molecule is Cc1ccc(C(=O)N2CCN(C(=O)COc3cccc(F)c3)CC2)cc1. The second-order valence-electron chi connectivity index (χ2n) is 6.29. The van der Waals surface area contributed by atoms with Crippen LogP contribution in [0.5, 0.6) is 5.75 Å². The number of nitrogens with zero attached hydrogens (tertiary/aromatic N) is 2. The molecule has 0 saturated carbocycles. The predicted octanol–water partition coefficient (Wildman–Crippen LogP) is 2.50. The lowest BCUT2D eigenvalue weighted by Crippen LogP contribution is -2.51. The molecular weight excluding hydrogens is 335 g/mol. The van der Waals surface area contributed by atoms with Crippen LogP contribution in [0.2, 0.25) is 0 Å². The van der Waals surface area contributed by atoms with Crippen LogP contribution >= 0.6 is 0 Å². The number of hydrogen-bond acceptors (Lipinski definition) is 3. The second kappa shape index (κ2) is 7.99. The minimum absolute atomic E-state index is 0.0203. The molecule has 2 amide bonds. The summed E-state index contributed by atoms with van der Waals surface area (Å²) in [6, 6.07) is 13.2. The van der Waals surface area contributed by atoms with Crippen molar-refractivity contribution in [3.05, 3.63) is 65.5 Å². The van der Waals surface area contributed by atoms with E-state index in [1.165, 1.54) is 18.2 Å². The zero-order valence-corrected chi connectivity index (χ0v) is 14.7. The molecule has 26 heavy (non-hydrogen) atoms. The Morgan fingerprint density at radius 3 is 2.31 bits per heavy atom. The number of benzene rings is 2. The second-order valence-corrected chi connectivity index (χ2v) is 6.29. The summed E-state index contributed by atoms with van der Waals surface area (Å²) in [5, 5.41) is 0. The highest BCUT2D eigenvalue weighted by molar-refractivity contribution is 5.94. The molecule has 0 atom stereocenters. The average molecular weight is 356 g/mol. The number of carbonyl (C=O) groups is 2. The van der Waals surface area contributed by atoms with Crippen molar-refractivity contribution in [2.75, 3.05) is 32.8 Å². The Hall–Kier alpha value is -2.89. The van der Waals surface area contributed by atoms with Crippen molar-refractivity contribution < 1.29 is 18.7 Å². The zero-order valence-electron chi connectivity index (χ0n) is 14.7. The van der Waals surface area contributed by atoms with E-state index in [2.05, 4.69) is 0 Å². The molecule has 1 saturated heterocycles. The van der Waals surface area contributed by atoms with Crippen LogP contribution in [0.3, 0.4) is 0 Å². The minimum atomic E-state index is -0.404. The molecule has 1 aliphatic heterocycles. The van der Waals surface area contributed by atoms with E-state index >= 15 is 0 Å². The normalized spacial score (nSPS) is 14.2. The smallest absolute Gasteiger partial charge is 0.260 e. The van der Waals surface area contributed by atoms with Gasteiger partial charge in [-0.2, -0.15) is 0 Å². The molecular formula is C20H21FN2O3. The topological polar surface area (TPSA) is 49.9 Å². The summed E-state index contributed by atoms with van der Waals surface area (Å²) in [4.78, 5) is 28.2. The number of hydrogen-bond donors (Lipinski definition) is 0. The van der Waals surface area contributed by atoms with E-state index < -0.39 is 5.82 Å². The highest BCUT2D eigenvalue weighted by Gasteiger charge is 2.25. The molecule has 5 nitrogen and oxygen atoms in total. The number of piperazine rings is 1. The first-order valence-corrected chi connectivity index (χ1v) is 8.55. The van der Waals surface area contributed by atoms with Gasteiger partial charge in [-0.25, -0.2) is 4.39 Å². The number of halogens is 1. The number of rotatable bonds is 4. The van der Waals surface area contributed by atoms with Gasteiger partial charge in [-0.3, -0.25) is 9.59 Å². The average Bonchev–Trinajstić information content (AvgIpc) is 2.66. The standard InChI is InChI=1S/C20H21FN2O3/c1-15-5-7-16(8-6-15)20(25)23-11-9-22(10-12-23)19(24)14-26-18-4-2-3-17(21)13-18/h2-8,13H,9-12,14H2,1H3. The highest BCUT2D eigenvalue weighted by atomic mass is 19.1. The van der Waals surface area contributed by atoms with Gasteiger partial charge >= 0.3 is 0 Å². The molecule has 136 valence electrons. The Balaban J connectivity index is 1.49. The third-order valence-corrected chi connectivity index (χ3v) is 4.38. The molecule has 6 heteroatoms. The Morgan fingerprint density at radius 2 is 1.65 bits per heavy atom. The summed E-state index contributed by atoms with van der Waals surface area (Å²) in [6.45, 7) is 3.72. The van der Waals surface area contributed by atoms with Gasteiger partial charge in [0.05, 0.1) is 0 Å². The first-order chi connectivity index (χ1) is 12.5. The summed E-state index contributed by atoms with van der Waals surface area (Å²) in [5.41, 5.74) is 1.76. The molecule has 0 aromatic heterocycles. The van der Waals surface area contributed by atoms with Crippen LogP contribution < -0.4 is 4.74 Å². The van der Waals surface area contributed by atoms with E-state index in [1.54, 1.807) is 15.9 Å². The van der Waals surface area contributed by atoms with Crippen LogP contribution in [0.25, 0.3) is 0 Å². The van der Waals surface area contributed by atoms with Crippen LogP contribution in [-0.4, -0.2) is 54.4 Å². The summed E-state index contributed by atoms with van der Waals surface area (Å²) in [6.07, 6.45) is 0. The summed E-state index contributed by atoms with van der Waals surface area (Å²) < 4.78 is 18.5. The minimum Gasteiger partial charge on any atom is -0.484 e. The van der Waals surface area contributed by atoms with Crippen LogP contribution in [0.4, 0.5) is 4.39 Å². The molecule has 3 rings (SSSR count). The van der Waals surface area contributed by atoms with Gasteiger partial charge in [-0.15, -0.1) is 0 Å². The largest absolute Gasteiger partial charge is 0.484 e. The molecule has 1 fully saturated rings. The lowest BCUT2D eigenvalue weighted by molar-refractivity contribution is -0.134. The van der Waals surface area contributed by atoms with Crippen molar-refractivity contribution in [1.82, 2.24) is 9.80 Å². The van der Waals surface area contributed by atoms with Gasteiger partial charge in [0.15, 0.2) is 6.61 Å². The van der Waals surface area contributed by atoms with Crippen molar-refractivity contribution in [2.24, 2.45) is 0 Å². The highest BCUT2D eigenvalue weighted by Crippen LogP contribution is 2.13. The maximum Gasteiger partial charge on any atom is 0.260 e. The van der Waals surface area contributed by atoms with Crippen LogP contribution in [-0.2, 0) is 4.79 Å². The lowest BCUT2D eigenvalue weighted by atomic mass is 10.1. The number of aryl methyl sites for hydroxylation is 1. The zero-order chi connectivity index (χ0) is 18.5. The first kappa shape index (κ1) is 17.9. The van der Waals surface area contributed by atoms with E-state index in [9.17, 15) is 14.0 Å². The fraction of sp³-hybridized carbons (Fsp3) is 0.300. The summed E-state index contributed by atoms with van der Waals surface area (Å²) in [5.74, 6) is -0.269. The van der Waals surface area contributed by atoms with E-state index in [0.29, 0.717) is 37.5 Å². The maximum absolute atomic E-state index is 13.1. The van der Waals surface area contributed by atoms with Gasteiger partial charge in [0.25, 0.3) is 11.8 Å². The van der Waals surface area contributed by atoms with Crippen molar-refractivity contribution in [3.63, 3.8) is 0 Å². The fourth-order valence-electron chi connectivity index (χ4n) is 2.83. The van der Waals surface area contributed by atoms with Gasteiger partial charge in [0.2, 0.25) is 0 Å².